The highest BCUT2D eigenvalue weighted by atomic mass is 35.5. The molecule has 8 heteroatoms. The number of hydrogen-bond donors (Lipinski definition) is 1. The van der Waals surface area contributed by atoms with E-state index in [1.54, 1.807) is 0 Å². The van der Waals surface area contributed by atoms with Crippen LogP contribution >= 0.6 is 23.4 Å². The molecule has 0 spiro atoms. The van der Waals surface area contributed by atoms with Crippen LogP contribution in [0, 0.1) is 5.82 Å². The van der Waals surface area contributed by atoms with E-state index in [-0.39, 0.29) is 21.2 Å². The first kappa shape index (κ1) is 15.9. The summed E-state index contributed by atoms with van der Waals surface area (Å²) in [5.41, 5.74) is -0.820. The summed E-state index contributed by atoms with van der Waals surface area (Å²) in [4.78, 5) is 3.72. The lowest BCUT2D eigenvalue weighted by Crippen LogP contribution is -2.04. The van der Waals surface area contributed by atoms with Gasteiger partial charge in [-0.25, -0.2) is 4.39 Å². The Balaban J connectivity index is 2.23. The lowest BCUT2D eigenvalue weighted by molar-refractivity contribution is -0.137. The van der Waals surface area contributed by atoms with E-state index in [0.717, 1.165) is 24.0 Å². The lowest BCUT2D eigenvalue weighted by atomic mass is 10.2. The molecule has 2 aromatic rings. The first-order valence-corrected chi connectivity index (χ1v) is 6.95. The molecule has 0 saturated carbocycles. The molecule has 0 saturated heterocycles. The van der Waals surface area contributed by atoms with Crippen molar-refractivity contribution >= 4 is 23.4 Å². The third-order valence-electron chi connectivity index (χ3n) is 2.55. The zero-order valence-corrected chi connectivity index (χ0v) is 11.9. The minimum absolute atomic E-state index is 0.0218. The van der Waals surface area contributed by atoms with E-state index in [2.05, 4.69) is 4.98 Å². The van der Waals surface area contributed by atoms with Crippen molar-refractivity contribution in [3.05, 3.63) is 52.6 Å². The molecule has 2 rings (SSSR count). The molecule has 0 fully saturated rings. The number of rotatable bonds is 3. The minimum atomic E-state index is -4.56. The molecule has 2 nitrogen and oxygen atoms in total. The molecule has 21 heavy (non-hydrogen) atoms. The molecule has 0 radical (unpaired) electrons. The average Bonchev–Trinajstić information content (AvgIpc) is 2.36. The van der Waals surface area contributed by atoms with Crippen molar-refractivity contribution in [2.24, 2.45) is 0 Å². The topological polar surface area (TPSA) is 33.1 Å². The number of nitrogens with zero attached hydrogens (tertiary/aromatic N) is 1. The van der Waals surface area contributed by atoms with Crippen molar-refractivity contribution in [1.29, 1.82) is 0 Å². The molecule has 0 unspecified atom stereocenters. The van der Waals surface area contributed by atoms with Gasteiger partial charge in [0.1, 0.15) is 11.6 Å². The molecule has 0 atom stereocenters. The molecule has 0 aliphatic rings. The fourth-order valence-electron chi connectivity index (χ4n) is 1.56. The van der Waals surface area contributed by atoms with Gasteiger partial charge in [0.15, 0.2) is 0 Å². The summed E-state index contributed by atoms with van der Waals surface area (Å²) in [6.45, 7) is 0. The van der Waals surface area contributed by atoms with Gasteiger partial charge in [-0.3, -0.25) is 4.98 Å². The van der Waals surface area contributed by atoms with Crippen LogP contribution in [0.15, 0.2) is 35.5 Å². The first-order valence-electron chi connectivity index (χ1n) is 5.59. The number of pyridine rings is 1. The average molecular weight is 338 g/mol. The van der Waals surface area contributed by atoms with Crippen LogP contribution < -0.4 is 0 Å². The standard InChI is InChI=1S/C13H8ClF4NOS/c14-11-4-19-5-12(15)10(11)6-21-9-2-7(13(16,17)18)1-8(20)3-9/h1-5,20H,6H2. The Bertz CT molecular complexity index is 643. The second kappa shape index (κ2) is 6.11. The van der Waals surface area contributed by atoms with Gasteiger partial charge in [0.2, 0.25) is 0 Å². The van der Waals surface area contributed by atoms with Gasteiger partial charge >= 0.3 is 6.18 Å². The number of aromatic nitrogens is 1. The third kappa shape index (κ3) is 4.01. The van der Waals surface area contributed by atoms with Gasteiger partial charge < -0.3 is 5.11 Å². The van der Waals surface area contributed by atoms with Crippen molar-refractivity contribution in [3.8, 4) is 5.75 Å². The van der Waals surface area contributed by atoms with Crippen LogP contribution in [0.2, 0.25) is 5.02 Å². The monoisotopic (exact) mass is 337 g/mol. The van der Waals surface area contributed by atoms with Crippen LogP contribution in [0.4, 0.5) is 17.6 Å². The van der Waals surface area contributed by atoms with Crippen LogP contribution in [-0.4, -0.2) is 10.1 Å². The number of hydrogen-bond acceptors (Lipinski definition) is 3. The number of phenolic OH excluding ortho intramolecular Hbond substituents is 1. The summed E-state index contributed by atoms with van der Waals surface area (Å²) in [5.74, 6) is -1.12. The van der Waals surface area contributed by atoms with E-state index < -0.39 is 23.3 Å². The molecule has 0 aliphatic carbocycles. The fourth-order valence-corrected chi connectivity index (χ4v) is 2.87. The zero-order valence-electron chi connectivity index (χ0n) is 10.3. The first-order chi connectivity index (χ1) is 9.77. The summed E-state index contributed by atoms with van der Waals surface area (Å²) >= 11 is 6.72. The van der Waals surface area contributed by atoms with Gasteiger partial charge in [0, 0.05) is 22.4 Å². The van der Waals surface area contributed by atoms with E-state index in [1.807, 2.05) is 0 Å². The molecule has 0 bridgehead atoms. The van der Waals surface area contributed by atoms with Gasteiger partial charge in [-0.05, 0) is 18.2 Å². The van der Waals surface area contributed by atoms with Crippen LogP contribution in [0.25, 0.3) is 0 Å². The molecular weight excluding hydrogens is 330 g/mol. The van der Waals surface area contributed by atoms with E-state index >= 15 is 0 Å². The number of thioether (sulfide) groups is 1. The van der Waals surface area contributed by atoms with E-state index in [0.29, 0.717) is 6.07 Å². The molecule has 1 heterocycles. The third-order valence-corrected chi connectivity index (χ3v) is 3.88. The van der Waals surface area contributed by atoms with Crippen LogP contribution in [0.1, 0.15) is 11.1 Å². The molecule has 1 N–H and O–H groups in total. The molecule has 112 valence electrons. The van der Waals surface area contributed by atoms with Gasteiger partial charge in [0.25, 0.3) is 0 Å². The highest BCUT2D eigenvalue weighted by molar-refractivity contribution is 7.98. The van der Waals surface area contributed by atoms with Gasteiger partial charge in [-0.1, -0.05) is 11.6 Å². The Kier molecular flexibility index (Phi) is 4.63. The largest absolute Gasteiger partial charge is 0.508 e. The Morgan fingerprint density at radius 2 is 1.90 bits per heavy atom. The Morgan fingerprint density at radius 1 is 1.19 bits per heavy atom. The maximum absolute atomic E-state index is 13.5. The van der Waals surface area contributed by atoms with Crippen LogP contribution in [-0.2, 0) is 11.9 Å². The van der Waals surface area contributed by atoms with Crippen LogP contribution in [0.5, 0.6) is 5.75 Å². The van der Waals surface area contributed by atoms with Gasteiger partial charge in [-0.15, -0.1) is 11.8 Å². The number of benzene rings is 1. The van der Waals surface area contributed by atoms with Crippen molar-refractivity contribution in [2.75, 3.05) is 0 Å². The molecule has 1 aromatic heterocycles. The van der Waals surface area contributed by atoms with Crippen LogP contribution in [0.3, 0.4) is 0 Å². The van der Waals surface area contributed by atoms with Gasteiger partial charge in [0.05, 0.1) is 16.8 Å². The predicted octanol–water partition coefficient (Wildman–Crippen LogP) is 4.89. The molecule has 0 aliphatic heterocycles. The number of aromatic hydroxyl groups is 1. The molecule has 1 aromatic carbocycles. The second-order valence-electron chi connectivity index (χ2n) is 4.08. The normalized spacial score (nSPS) is 11.7. The summed E-state index contributed by atoms with van der Waals surface area (Å²) < 4.78 is 51.4. The van der Waals surface area contributed by atoms with E-state index in [4.69, 9.17) is 11.6 Å². The van der Waals surface area contributed by atoms with Crippen molar-refractivity contribution < 1.29 is 22.7 Å². The summed E-state index contributed by atoms with van der Waals surface area (Å²) in [6, 6.07) is 2.69. The Labute approximate surface area is 126 Å². The van der Waals surface area contributed by atoms with Crippen molar-refractivity contribution in [3.63, 3.8) is 0 Å². The predicted molar refractivity (Wildman–Crippen MR) is 71.9 cm³/mol. The number of alkyl halides is 3. The van der Waals surface area contributed by atoms with E-state index in [1.165, 1.54) is 12.3 Å². The SMILES string of the molecule is Oc1cc(SCc2c(F)cncc2Cl)cc(C(F)(F)F)c1. The number of phenols is 1. The maximum atomic E-state index is 13.5. The molecule has 0 amide bonds. The summed E-state index contributed by atoms with van der Waals surface area (Å²) in [7, 11) is 0. The minimum Gasteiger partial charge on any atom is -0.508 e. The van der Waals surface area contributed by atoms with E-state index in [9.17, 15) is 22.7 Å². The quantitative estimate of drug-likeness (QED) is 0.639. The molecular formula is C13H8ClF4NOS. The zero-order chi connectivity index (χ0) is 15.6. The summed E-state index contributed by atoms with van der Waals surface area (Å²) in [5, 5.41) is 9.44. The maximum Gasteiger partial charge on any atom is 0.416 e. The highest BCUT2D eigenvalue weighted by Crippen LogP contribution is 2.36. The van der Waals surface area contributed by atoms with Crippen molar-refractivity contribution in [1.82, 2.24) is 4.98 Å². The lowest BCUT2D eigenvalue weighted by Gasteiger charge is -2.10. The smallest absolute Gasteiger partial charge is 0.416 e. The van der Waals surface area contributed by atoms with Crippen molar-refractivity contribution in [2.45, 2.75) is 16.8 Å². The Hall–Kier alpha value is -1.47. The fraction of sp³-hybridized carbons (Fsp3) is 0.154. The van der Waals surface area contributed by atoms with Gasteiger partial charge in [-0.2, -0.15) is 13.2 Å². The highest BCUT2D eigenvalue weighted by Gasteiger charge is 2.31. The second-order valence-corrected chi connectivity index (χ2v) is 5.54. The summed E-state index contributed by atoms with van der Waals surface area (Å²) in [6.07, 6.45) is -2.33. The Morgan fingerprint density at radius 3 is 2.52 bits per heavy atom. The number of halogens is 5.